The van der Waals surface area contributed by atoms with Gasteiger partial charge in [0.25, 0.3) is 0 Å². The van der Waals surface area contributed by atoms with Crippen molar-refractivity contribution in [2.75, 3.05) is 26.8 Å². The van der Waals surface area contributed by atoms with Crippen LogP contribution in [0.25, 0.3) is 0 Å². The molecule has 0 spiro atoms. The summed E-state index contributed by atoms with van der Waals surface area (Å²) in [7, 11) is 1.78. The Bertz CT molecular complexity index is 159. The van der Waals surface area contributed by atoms with Crippen LogP contribution in [0.5, 0.6) is 0 Å². The molecule has 0 aliphatic heterocycles. The molecule has 0 amide bonds. The van der Waals surface area contributed by atoms with Crippen molar-refractivity contribution in [2.45, 2.75) is 41.0 Å². The minimum absolute atomic E-state index is 0.741. The Morgan fingerprint density at radius 3 is 2.06 bits per heavy atom. The first-order valence-electron chi connectivity index (χ1n) is 6.68. The van der Waals surface area contributed by atoms with E-state index in [0.29, 0.717) is 0 Å². The zero-order chi connectivity index (χ0) is 12.6. The molecule has 0 rings (SSSR count). The van der Waals surface area contributed by atoms with Crippen LogP contribution in [0, 0.1) is 23.7 Å². The quantitative estimate of drug-likeness (QED) is 0.655. The molecule has 0 aliphatic carbocycles. The van der Waals surface area contributed by atoms with Crippen molar-refractivity contribution in [3.05, 3.63) is 0 Å². The third-order valence-electron chi connectivity index (χ3n) is 3.59. The highest BCUT2D eigenvalue weighted by Crippen LogP contribution is 2.22. The van der Waals surface area contributed by atoms with Crippen LogP contribution >= 0.6 is 0 Å². The maximum absolute atomic E-state index is 5.14. The van der Waals surface area contributed by atoms with Gasteiger partial charge in [-0.05, 0) is 43.2 Å². The summed E-state index contributed by atoms with van der Waals surface area (Å²) < 4.78 is 5.14. The van der Waals surface area contributed by atoms with E-state index in [2.05, 4.69) is 39.9 Å². The summed E-state index contributed by atoms with van der Waals surface area (Å²) >= 11 is 0. The monoisotopic (exact) mass is 229 g/mol. The number of methoxy groups -OCH3 is 1. The number of nitrogens with one attached hydrogen (secondary N) is 1. The van der Waals surface area contributed by atoms with Gasteiger partial charge in [0.2, 0.25) is 0 Å². The summed E-state index contributed by atoms with van der Waals surface area (Å²) in [5.74, 6) is 2.99. The molecule has 2 heteroatoms. The lowest BCUT2D eigenvalue weighted by atomic mass is 9.83. The fourth-order valence-corrected chi connectivity index (χ4v) is 1.91. The lowest BCUT2D eigenvalue weighted by Crippen LogP contribution is -2.30. The van der Waals surface area contributed by atoms with Gasteiger partial charge in [-0.25, -0.2) is 0 Å². The fourth-order valence-electron chi connectivity index (χ4n) is 1.91. The summed E-state index contributed by atoms with van der Waals surface area (Å²) in [5, 5.41) is 3.55. The van der Waals surface area contributed by atoms with Crippen molar-refractivity contribution in [1.29, 1.82) is 0 Å². The third-order valence-corrected chi connectivity index (χ3v) is 3.59. The fraction of sp³-hybridized carbons (Fsp3) is 1.00. The minimum Gasteiger partial charge on any atom is -0.385 e. The van der Waals surface area contributed by atoms with Gasteiger partial charge < -0.3 is 10.1 Å². The van der Waals surface area contributed by atoms with Crippen molar-refractivity contribution < 1.29 is 4.74 Å². The average molecular weight is 229 g/mol. The minimum atomic E-state index is 0.741. The van der Waals surface area contributed by atoms with Crippen molar-refractivity contribution in [2.24, 2.45) is 23.7 Å². The molecule has 0 aromatic carbocycles. The molecule has 0 saturated carbocycles. The average Bonchev–Trinajstić information content (AvgIpc) is 2.24. The second kappa shape index (κ2) is 9.00. The lowest BCUT2D eigenvalue weighted by Gasteiger charge is -2.26. The summed E-state index contributed by atoms with van der Waals surface area (Å²) in [5.41, 5.74) is 0. The van der Waals surface area contributed by atoms with E-state index in [-0.39, 0.29) is 0 Å². The molecule has 16 heavy (non-hydrogen) atoms. The Hall–Kier alpha value is -0.0800. The second-order valence-electron chi connectivity index (χ2n) is 5.65. The predicted molar refractivity (Wildman–Crippen MR) is 71.7 cm³/mol. The SMILES string of the molecule is COCCC(C)C(C)C(C)CNCC(C)C. The van der Waals surface area contributed by atoms with E-state index in [1.807, 2.05) is 0 Å². The number of hydrogen-bond acceptors (Lipinski definition) is 2. The van der Waals surface area contributed by atoms with Crippen LogP contribution in [0.1, 0.15) is 41.0 Å². The van der Waals surface area contributed by atoms with Gasteiger partial charge in [-0.2, -0.15) is 0 Å². The molecule has 3 unspecified atom stereocenters. The Kier molecular flexibility index (Phi) is 8.96. The highest BCUT2D eigenvalue weighted by atomic mass is 16.5. The number of hydrogen-bond donors (Lipinski definition) is 1. The van der Waals surface area contributed by atoms with Crippen LogP contribution < -0.4 is 5.32 Å². The van der Waals surface area contributed by atoms with Gasteiger partial charge in [-0.3, -0.25) is 0 Å². The Morgan fingerprint density at radius 2 is 1.56 bits per heavy atom. The topological polar surface area (TPSA) is 21.3 Å². The van der Waals surface area contributed by atoms with Gasteiger partial charge in [-0.1, -0.05) is 34.6 Å². The largest absolute Gasteiger partial charge is 0.385 e. The number of rotatable bonds is 9. The van der Waals surface area contributed by atoms with E-state index in [1.165, 1.54) is 6.42 Å². The third kappa shape index (κ3) is 7.24. The van der Waals surface area contributed by atoms with Crippen LogP contribution in [-0.2, 0) is 4.74 Å². The van der Waals surface area contributed by atoms with Gasteiger partial charge >= 0.3 is 0 Å². The van der Waals surface area contributed by atoms with Crippen LogP contribution in [0.3, 0.4) is 0 Å². The molecule has 0 saturated heterocycles. The number of ether oxygens (including phenoxy) is 1. The zero-order valence-corrected chi connectivity index (χ0v) is 12.0. The highest BCUT2D eigenvalue weighted by Gasteiger charge is 2.18. The van der Waals surface area contributed by atoms with Crippen molar-refractivity contribution >= 4 is 0 Å². The standard InChI is InChI=1S/C14H31NO/c1-11(2)9-15-10-13(4)14(5)12(3)7-8-16-6/h11-15H,7-10H2,1-6H3. The molecule has 3 atom stereocenters. The van der Waals surface area contributed by atoms with E-state index < -0.39 is 0 Å². The Balaban J connectivity index is 3.74. The summed E-state index contributed by atoms with van der Waals surface area (Å²) in [6.07, 6.45) is 1.17. The van der Waals surface area contributed by atoms with E-state index in [9.17, 15) is 0 Å². The normalized spacial score (nSPS) is 17.4. The first-order chi connectivity index (χ1) is 7.49. The summed E-state index contributed by atoms with van der Waals surface area (Å²) in [4.78, 5) is 0. The first-order valence-corrected chi connectivity index (χ1v) is 6.68. The van der Waals surface area contributed by atoms with Gasteiger partial charge in [0.1, 0.15) is 0 Å². The molecule has 98 valence electrons. The van der Waals surface area contributed by atoms with E-state index >= 15 is 0 Å². The molecule has 0 heterocycles. The van der Waals surface area contributed by atoms with Crippen LogP contribution in [0.15, 0.2) is 0 Å². The van der Waals surface area contributed by atoms with Crippen LogP contribution in [0.2, 0.25) is 0 Å². The molecule has 0 aromatic heterocycles. The molecule has 0 radical (unpaired) electrons. The summed E-state index contributed by atoms with van der Waals surface area (Å²) in [6, 6.07) is 0. The van der Waals surface area contributed by atoms with E-state index in [1.54, 1.807) is 7.11 Å². The van der Waals surface area contributed by atoms with Gasteiger partial charge in [0.15, 0.2) is 0 Å². The Morgan fingerprint density at radius 1 is 0.938 bits per heavy atom. The predicted octanol–water partition coefficient (Wildman–Crippen LogP) is 3.18. The molecule has 2 nitrogen and oxygen atoms in total. The molecular weight excluding hydrogens is 198 g/mol. The van der Waals surface area contributed by atoms with Crippen molar-refractivity contribution in [1.82, 2.24) is 5.32 Å². The van der Waals surface area contributed by atoms with Crippen molar-refractivity contribution in [3.8, 4) is 0 Å². The smallest absolute Gasteiger partial charge is 0.0464 e. The molecule has 0 bridgehead atoms. The first kappa shape index (κ1) is 15.9. The summed E-state index contributed by atoms with van der Waals surface area (Å²) in [6.45, 7) is 14.7. The maximum Gasteiger partial charge on any atom is 0.0464 e. The van der Waals surface area contributed by atoms with Gasteiger partial charge in [0.05, 0.1) is 0 Å². The molecule has 0 fully saturated rings. The molecule has 0 aliphatic rings. The van der Waals surface area contributed by atoms with Gasteiger partial charge in [-0.15, -0.1) is 0 Å². The maximum atomic E-state index is 5.14. The lowest BCUT2D eigenvalue weighted by molar-refractivity contribution is 0.154. The van der Waals surface area contributed by atoms with E-state index in [4.69, 9.17) is 4.74 Å². The Labute approximate surface area is 102 Å². The zero-order valence-electron chi connectivity index (χ0n) is 12.0. The van der Waals surface area contributed by atoms with Gasteiger partial charge in [0, 0.05) is 13.7 Å². The second-order valence-corrected chi connectivity index (χ2v) is 5.65. The van der Waals surface area contributed by atoms with Crippen LogP contribution in [0.4, 0.5) is 0 Å². The van der Waals surface area contributed by atoms with E-state index in [0.717, 1.165) is 43.4 Å². The van der Waals surface area contributed by atoms with Crippen LogP contribution in [-0.4, -0.2) is 26.8 Å². The molecular formula is C14H31NO. The highest BCUT2D eigenvalue weighted by molar-refractivity contribution is 4.70. The molecule has 0 aromatic rings. The van der Waals surface area contributed by atoms with Crippen molar-refractivity contribution in [3.63, 3.8) is 0 Å². The molecule has 1 N–H and O–H groups in total.